The van der Waals surface area contributed by atoms with Gasteiger partial charge in [-0.05, 0) is 35.7 Å². The largest absolute Gasteiger partial charge is 0.387 e. The summed E-state index contributed by atoms with van der Waals surface area (Å²) >= 11 is 0. The van der Waals surface area contributed by atoms with E-state index in [1.165, 1.54) is 0 Å². The Bertz CT molecular complexity index is 967. The van der Waals surface area contributed by atoms with Crippen molar-refractivity contribution < 1.29 is 9.84 Å². The first-order chi connectivity index (χ1) is 14.7. The van der Waals surface area contributed by atoms with E-state index in [-0.39, 0.29) is 0 Å². The van der Waals surface area contributed by atoms with Gasteiger partial charge in [0.2, 0.25) is 0 Å². The Labute approximate surface area is 177 Å². The standard InChI is InChI=1S/C27H25NO2/c1-21(29)26-19-11-18-25(28-26)20-30-27(22-12-5-2-6-13-22,23-14-7-3-8-15-23)24-16-9-4-10-17-24/h2-19,21,29H,20H2,1H3/t21-/m0/s1. The molecule has 3 heteroatoms. The molecule has 1 atom stereocenters. The van der Waals surface area contributed by atoms with Gasteiger partial charge in [0.1, 0.15) is 5.60 Å². The van der Waals surface area contributed by atoms with Crippen molar-refractivity contribution in [1.29, 1.82) is 0 Å². The second-order valence-corrected chi connectivity index (χ2v) is 7.30. The number of aliphatic hydroxyl groups is 1. The van der Waals surface area contributed by atoms with Gasteiger partial charge in [-0.3, -0.25) is 4.98 Å². The number of ether oxygens (including phenoxy) is 1. The van der Waals surface area contributed by atoms with Crippen LogP contribution >= 0.6 is 0 Å². The third-order valence-electron chi connectivity index (χ3n) is 5.23. The first-order valence-corrected chi connectivity index (χ1v) is 10.1. The molecule has 30 heavy (non-hydrogen) atoms. The van der Waals surface area contributed by atoms with Crippen LogP contribution in [-0.2, 0) is 16.9 Å². The van der Waals surface area contributed by atoms with Gasteiger partial charge >= 0.3 is 0 Å². The lowest BCUT2D eigenvalue weighted by Crippen LogP contribution is -2.33. The summed E-state index contributed by atoms with van der Waals surface area (Å²) < 4.78 is 6.76. The summed E-state index contributed by atoms with van der Waals surface area (Å²) in [7, 11) is 0. The first kappa shape index (κ1) is 20.0. The molecule has 1 aromatic heterocycles. The molecular weight excluding hydrogens is 370 g/mol. The van der Waals surface area contributed by atoms with Crippen LogP contribution in [0.2, 0.25) is 0 Å². The molecule has 0 aliphatic carbocycles. The van der Waals surface area contributed by atoms with Crippen molar-refractivity contribution in [3.63, 3.8) is 0 Å². The second-order valence-electron chi connectivity index (χ2n) is 7.30. The molecule has 3 nitrogen and oxygen atoms in total. The Morgan fingerprint density at radius 2 is 1.17 bits per heavy atom. The van der Waals surface area contributed by atoms with Crippen molar-refractivity contribution in [1.82, 2.24) is 4.98 Å². The Balaban J connectivity index is 1.84. The van der Waals surface area contributed by atoms with Crippen LogP contribution in [0.15, 0.2) is 109 Å². The van der Waals surface area contributed by atoms with E-state index in [0.29, 0.717) is 12.3 Å². The lowest BCUT2D eigenvalue weighted by atomic mass is 9.80. The van der Waals surface area contributed by atoms with Crippen LogP contribution in [0.4, 0.5) is 0 Å². The Kier molecular flexibility index (Phi) is 6.03. The van der Waals surface area contributed by atoms with Crippen molar-refractivity contribution in [3.05, 3.63) is 137 Å². The minimum Gasteiger partial charge on any atom is -0.387 e. The van der Waals surface area contributed by atoms with Crippen LogP contribution in [0, 0.1) is 0 Å². The van der Waals surface area contributed by atoms with Crippen LogP contribution < -0.4 is 0 Å². The molecule has 0 aliphatic heterocycles. The molecule has 0 spiro atoms. The highest BCUT2D eigenvalue weighted by Gasteiger charge is 2.37. The second kappa shape index (κ2) is 9.04. The number of hydrogen-bond acceptors (Lipinski definition) is 3. The third kappa shape index (κ3) is 4.04. The molecular formula is C27H25NO2. The maximum atomic E-state index is 9.91. The smallest absolute Gasteiger partial charge is 0.144 e. The number of benzene rings is 3. The number of pyridine rings is 1. The topological polar surface area (TPSA) is 42.4 Å². The predicted molar refractivity (Wildman–Crippen MR) is 119 cm³/mol. The Morgan fingerprint density at radius 1 is 0.700 bits per heavy atom. The van der Waals surface area contributed by atoms with Crippen LogP contribution in [0.5, 0.6) is 0 Å². The fourth-order valence-electron chi connectivity index (χ4n) is 3.76. The van der Waals surface area contributed by atoms with E-state index in [2.05, 4.69) is 41.4 Å². The molecule has 150 valence electrons. The Morgan fingerprint density at radius 3 is 1.60 bits per heavy atom. The van der Waals surface area contributed by atoms with Crippen molar-refractivity contribution in [3.8, 4) is 0 Å². The summed E-state index contributed by atoms with van der Waals surface area (Å²) in [4.78, 5) is 4.58. The van der Waals surface area contributed by atoms with E-state index >= 15 is 0 Å². The van der Waals surface area contributed by atoms with Gasteiger partial charge in [-0.1, -0.05) is 97.1 Å². The molecule has 4 aromatic rings. The SMILES string of the molecule is C[C@H](O)c1cccc(COC(c2ccccc2)(c2ccccc2)c2ccccc2)n1. The molecule has 0 bridgehead atoms. The van der Waals surface area contributed by atoms with E-state index < -0.39 is 11.7 Å². The van der Waals surface area contributed by atoms with Gasteiger partial charge in [-0.15, -0.1) is 0 Å². The predicted octanol–water partition coefficient (Wildman–Crippen LogP) is 5.64. The van der Waals surface area contributed by atoms with Gasteiger partial charge < -0.3 is 9.84 Å². The van der Waals surface area contributed by atoms with E-state index in [0.717, 1.165) is 22.4 Å². The summed E-state index contributed by atoms with van der Waals surface area (Å²) in [5.41, 5.74) is 3.78. The van der Waals surface area contributed by atoms with Crippen LogP contribution in [0.1, 0.15) is 41.1 Å². The highest BCUT2D eigenvalue weighted by atomic mass is 16.5. The Hall–Kier alpha value is -3.27. The molecule has 0 unspecified atom stereocenters. The fraction of sp³-hybridized carbons (Fsp3) is 0.148. The maximum Gasteiger partial charge on any atom is 0.144 e. The molecule has 4 rings (SSSR count). The van der Waals surface area contributed by atoms with Crippen molar-refractivity contribution in [2.45, 2.75) is 25.2 Å². The van der Waals surface area contributed by atoms with E-state index in [4.69, 9.17) is 4.74 Å². The summed E-state index contributed by atoms with van der Waals surface area (Å²) in [6, 6.07) is 36.5. The summed E-state index contributed by atoms with van der Waals surface area (Å²) in [6.07, 6.45) is -0.618. The fourth-order valence-corrected chi connectivity index (χ4v) is 3.76. The lowest BCUT2D eigenvalue weighted by Gasteiger charge is -2.36. The van der Waals surface area contributed by atoms with Gasteiger partial charge in [-0.2, -0.15) is 0 Å². The quantitative estimate of drug-likeness (QED) is 0.412. The third-order valence-corrected chi connectivity index (χ3v) is 5.23. The van der Waals surface area contributed by atoms with Gasteiger partial charge in [0.05, 0.1) is 24.1 Å². The number of rotatable bonds is 7. The molecule has 0 radical (unpaired) electrons. The van der Waals surface area contributed by atoms with Crippen LogP contribution in [0.3, 0.4) is 0 Å². The first-order valence-electron chi connectivity index (χ1n) is 10.1. The summed E-state index contributed by atoms with van der Waals surface area (Å²) in [6.45, 7) is 2.02. The average molecular weight is 396 g/mol. The molecule has 1 heterocycles. The maximum absolute atomic E-state index is 9.91. The highest BCUT2D eigenvalue weighted by Crippen LogP contribution is 2.41. The summed E-state index contributed by atoms with van der Waals surface area (Å²) in [5.74, 6) is 0. The normalized spacial score (nSPS) is 12.5. The molecule has 0 saturated carbocycles. The lowest BCUT2D eigenvalue weighted by molar-refractivity contribution is -0.00160. The van der Waals surface area contributed by atoms with Gasteiger partial charge in [-0.25, -0.2) is 0 Å². The molecule has 3 aromatic carbocycles. The van der Waals surface area contributed by atoms with Gasteiger partial charge in [0.25, 0.3) is 0 Å². The van der Waals surface area contributed by atoms with Crippen molar-refractivity contribution in [2.75, 3.05) is 0 Å². The van der Waals surface area contributed by atoms with Crippen molar-refractivity contribution >= 4 is 0 Å². The minimum absolute atomic E-state index is 0.305. The number of aliphatic hydroxyl groups excluding tert-OH is 1. The van der Waals surface area contributed by atoms with Crippen LogP contribution in [0.25, 0.3) is 0 Å². The van der Waals surface area contributed by atoms with Gasteiger partial charge in [0.15, 0.2) is 0 Å². The molecule has 0 saturated heterocycles. The molecule has 0 amide bonds. The van der Waals surface area contributed by atoms with E-state index in [1.54, 1.807) is 6.92 Å². The number of hydrogen-bond donors (Lipinski definition) is 1. The van der Waals surface area contributed by atoms with E-state index in [1.807, 2.05) is 72.8 Å². The monoisotopic (exact) mass is 395 g/mol. The minimum atomic E-state index is -0.785. The average Bonchev–Trinajstić information content (AvgIpc) is 2.82. The van der Waals surface area contributed by atoms with Crippen LogP contribution in [-0.4, -0.2) is 10.1 Å². The van der Waals surface area contributed by atoms with E-state index in [9.17, 15) is 5.11 Å². The van der Waals surface area contributed by atoms with Crippen molar-refractivity contribution in [2.24, 2.45) is 0 Å². The number of aromatic nitrogens is 1. The zero-order chi connectivity index (χ0) is 20.8. The highest BCUT2D eigenvalue weighted by molar-refractivity contribution is 5.47. The molecule has 1 N–H and O–H groups in total. The summed E-state index contributed by atoms with van der Waals surface area (Å²) in [5, 5.41) is 9.91. The molecule has 0 aliphatic rings. The zero-order valence-corrected chi connectivity index (χ0v) is 17.0. The number of nitrogens with zero attached hydrogens (tertiary/aromatic N) is 1. The zero-order valence-electron chi connectivity index (χ0n) is 17.0. The van der Waals surface area contributed by atoms with Gasteiger partial charge in [0, 0.05) is 0 Å². The molecule has 0 fully saturated rings.